The number of aliphatic hydroxyl groups excluding tert-OH is 1. The first-order valence-corrected chi connectivity index (χ1v) is 8.56. The van der Waals surface area contributed by atoms with Gasteiger partial charge in [0.15, 0.2) is 0 Å². The van der Waals surface area contributed by atoms with E-state index in [1.165, 1.54) is 5.69 Å². The largest absolute Gasteiger partial charge is 0.389 e. The van der Waals surface area contributed by atoms with Crippen molar-refractivity contribution in [2.45, 2.75) is 39.5 Å². The highest BCUT2D eigenvalue weighted by molar-refractivity contribution is 7.09. The van der Waals surface area contributed by atoms with Crippen molar-refractivity contribution in [2.75, 3.05) is 39.3 Å². The Hall–Kier alpha value is -0.530. The van der Waals surface area contributed by atoms with E-state index in [1.807, 2.05) is 20.8 Å². The van der Waals surface area contributed by atoms with Crippen LogP contribution in [0.4, 0.5) is 0 Å². The molecule has 5 nitrogen and oxygen atoms in total. The molecule has 1 fully saturated rings. The number of ether oxygens (including phenoxy) is 1. The van der Waals surface area contributed by atoms with Crippen LogP contribution in [0.25, 0.3) is 0 Å². The van der Waals surface area contributed by atoms with Gasteiger partial charge < -0.3 is 9.84 Å². The Bertz CT molecular complexity index is 417. The normalized spacial score (nSPS) is 19.3. The summed E-state index contributed by atoms with van der Waals surface area (Å²) in [7, 11) is 0. The number of aryl methyl sites for hydroxylation is 1. The molecule has 6 heteroatoms. The molecule has 1 unspecified atom stereocenters. The lowest BCUT2D eigenvalue weighted by molar-refractivity contribution is -0.0149. The number of rotatable bonds is 7. The SMILES string of the molecule is Cc1nc(CN2CCN(CC(O)COC(C)C)CC2)cs1. The van der Waals surface area contributed by atoms with Gasteiger partial charge in [0, 0.05) is 44.6 Å². The number of aromatic nitrogens is 1. The molecule has 2 rings (SSSR count). The molecule has 1 aromatic rings. The molecule has 21 heavy (non-hydrogen) atoms. The van der Waals surface area contributed by atoms with Crippen molar-refractivity contribution in [2.24, 2.45) is 0 Å². The minimum absolute atomic E-state index is 0.179. The van der Waals surface area contributed by atoms with Crippen LogP contribution in [0.15, 0.2) is 5.38 Å². The lowest BCUT2D eigenvalue weighted by Crippen LogP contribution is -2.48. The maximum Gasteiger partial charge on any atom is 0.0900 e. The van der Waals surface area contributed by atoms with Crippen LogP contribution in [0.2, 0.25) is 0 Å². The monoisotopic (exact) mass is 313 g/mol. The standard InChI is InChI=1S/C15H27N3O2S/c1-12(2)20-10-15(19)9-18-6-4-17(5-7-18)8-14-11-21-13(3)16-14/h11-12,15,19H,4-10H2,1-3H3. The summed E-state index contributed by atoms with van der Waals surface area (Å²) >= 11 is 1.71. The van der Waals surface area contributed by atoms with Gasteiger partial charge in [-0.15, -0.1) is 11.3 Å². The number of thiazole rings is 1. The molecule has 120 valence electrons. The average Bonchev–Trinajstić information content (AvgIpc) is 2.84. The highest BCUT2D eigenvalue weighted by atomic mass is 32.1. The van der Waals surface area contributed by atoms with E-state index in [-0.39, 0.29) is 12.2 Å². The quantitative estimate of drug-likeness (QED) is 0.823. The lowest BCUT2D eigenvalue weighted by Gasteiger charge is -2.35. The van der Waals surface area contributed by atoms with E-state index in [1.54, 1.807) is 11.3 Å². The second-order valence-electron chi connectivity index (χ2n) is 5.97. The Balaban J connectivity index is 1.66. The minimum atomic E-state index is -0.389. The van der Waals surface area contributed by atoms with E-state index in [9.17, 15) is 5.11 Å². The molecule has 0 aromatic carbocycles. The van der Waals surface area contributed by atoms with Crippen LogP contribution in [0.3, 0.4) is 0 Å². The molecule has 0 radical (unpaired) electrons. The molecule has 0 spiro atoms. The summed E-state index contributed by atoms with van der Waals surface area (Å²) in [5.74, 6) is 0. The number of nitrogens with zero attached hydrogens (tertiary/aromatic N) is 3. The number of β-amino-alcohol motifs (C(OH)–C–C–N with tert-alkyl or cyclic N) is 1. The summed E-state index contributed by atoms with van der Waals surface area (Å²) < 4.78 is 5.45. The van der Waals surface area contributed by atoms with Gasteiger partial charge in [0.1, 0.15) is 0 Å². The van der Waals surface area contributed by atoms with Crippen LogP contribution >= 0.6 is 11.3 Å². The van der Waals surface area contributed by atoms with Crippen molar-refractivity contribution in [3.05, 3.63) is 16.1 Å². The van der Waals surface area contributed by atoms with E-state index in [0.717, 1.165) is 37.7 Å². The molecule has 0 bridgehead atoms. The van der Waals surface area contributed by atoms with Gasteiger partial charge in [-0.2, -0.15) is 0 Å². The number of piperazine rings is 1. The fourth-order valence-electron chi connectivity index (χ4n) is 2.49. The lowest BCUT2D eigenvalue weighted by atomic mass is 10.2. The van der Waals surface area contributed by atoms with Crippen LogP contribution in [-0.2, 0) is 11.3 Å². The number of hydrogen-bond donors (Lipinski definition) is 1. The second kappa shape index (κ2) is 8.19. The van der Waals surface area contributed by atoms with E-state index in [0.29, 0.717) is 13.2 Å². The van der Waals surface area contributed by atoms with Crippen LogP contribution in [-0.4, -0.2) is 71.4 Å². The van der Waals surface area contributed by atoms with Crippen LogP contribution < -0.4 is 0 Å². The molecule has 0 saturated carbocycles. The molecule has 2 heterocycles. The Morgan fingerprint density at radius 3 is 2.52 bits per heavy atom. The molecule has 1 aliphatic rings. The summed E-state index contributed by atoms with van der Waals surface area (Å²) in [6.45, 7) is 12.2. The predicted octanol–water partition coefficient (Wildman–Crippen LogP) is 1.36. The first-order valence-electron chi connectivity index (χ1n) is 7.68. The molecule has 1 aromatic heterocycles. The topological polar surface area (TPSA) is 48.8 Å². The third-order valence-corrected chi connectivity index (χ3v) is 4.43. The fraction of sp³-hybridized carbons (Fsp3) is 0.800. The van der Waals surface area contributed by atoms with Crippen molar-refractivity contribution in [3.8, 4) is 0 Å². The first-order chi connectivity index (χ1) is 10.0. The van der Waals surface area contributed by atoms with Gasteiger partial charge in [-0.3, -0.25) is 9.80 Å². The smallest absolute Gasteiger partial charge is 0.0900 e. The highest BCUT2D eigenvalue weighted by Crippen LogP contribution is 2.12. The summed E-state index contributed by atoms with van der Waals surface area (Å²) in [5.41, 5.74) is 1.18. The van der Waals surface area contributed by atoms with Crippen molar-refractivity contribution >= 4 is 11.3 Å². The number of hydrogen-bond acceptors (Lipinski definition) is 6. The van der Waals surface area contributed by atoms with E-state index in [4.69, 9.17) is 4.74 Å². The van der Waals surface area contributed by atoms with Crippen molar-refractivity contribution in [3.63, 3.8) is 0 Å². The summed E-state index contributed by atoms with van der Waals surface area (Å²) in [6, 6.07) is 0. The van der Waals surface area contributed by atoms with Gasteiger partial charge in [-0.1, -0.05) is 0 Å². The van der Waals surface area contributed by atoms with E-state index >= 15 is 0 Å². The van der Waals surface area contributed by atoms with Crippen molar-refractivity contribution in [1.82, 2.24) is 14.8 Å². The summed E-state index contributed by atoms with van der Waals surface area (Å²) in [5, 5.41) is 13.2. The molecule has 0 aliphatic carbocycles. The third kappa shape index (κ3) is 6.00. The maximum absolute atomic E-state index is 9.97. The third-order valence-electron chi connectivity index (χ3n) is 3.61. The zero-order valence-electron chi connectivity index (χ0n) is 13.3. The predicted molar refractivity (Wildman–Crippen MR) is 85.7 cm³/mol. The Morgan fingerprint density at radius 1 is 1.29 bits per heavy atom. The summed E-state index contributed by atoms with van der Waals surface area (Å²) in [4.78, 5) is 9.27. The van der Waals surface area contributed by atoms with Gasteiger partial charge in [0.2, 0.25) is 0 Å². The zero-order valence-corrected chi connectivity index (χ0v) is 14.1. The Kier molecular flexibility index (Phi) is 6.57. The molecule has 1 aliphatic heterocycles. The van der Waals surface area contributed by atoms with Crippen LogP contribution in [0, 0.1) is 6.92 Å². The zero-order chi connectivity index (χ0) is 15.2. The highest BCUT2D eigenvalue weighted by Gasteiger charge is 2.20. The van der Waals surface area contributed by atoms with E-state index in [2.05, 4.69) is 20.2 Å². The Labute approximate surface area is 131 Å². The molecule has 1 saturated heterocycles. The van der Waals surface area contributed by atoms with Gasteiger partial charge >= 0.3 is 0 Å². The van der Waals surface area contributed by atoms with Gasteiger partial charge in [-0.05, 0) is 20.8 Å². The van der Waals surface area contributed by atoms with Gasteiger partial charge in [-0.25, -0.2) is 4.98 Å². The fourth-order valence-corrected chi connectivity index (χ4v) is 3.10. The van der Waals surface area contributed by atoms with Crippen molar-refractivity contribution in [1.29, 1.82) is 0 Å². The first kappa shape index (κ1) is 16.8. The van der Waals surface area contributed by atoms with Crippen LogP contribution in [0.5, 0.6) is 0 Å². The van der Waals surface area contributed by atoms with E-state index < -0.39 is 0 Å². The second-order valence-corrected chi connectivity index (χ2v) is 7.03. The van der Waals surface area contributed by atoms with Gasteiger partial charge in [0.25, 0.3) is 0 Å². The molecular weight excluding hydrogens is 286 g/mol. The molecule has 0 amide bonds. The summed E-state index contributed by atoms with van der Waals surface area (Å²) in [6.07, 6.45) is -0.210. The van der Waals surface area contributed by atoms with Gasteiger partial charge in [0.05, 0.1) is 29.5 Å². The van der Waals surface area contributed by atoms with Crippen LogP contribution in [0.1, 0.15) is 24.5 Å². The minimum Gasteiger partial charge on any atom is -0.389 e. The van der Waals surface area contributed by atoms with Crippen molar-refractivity contribution < 1.29 is 9.84 Å². The maximum atomic E-state index is 9.97. The Morgan fingerprint density at radius 2 is 1.95 bits per heavy atom. The average molecular weight is 313 g/mol. The molecule has 1 N–H and O–H groups in total. The molecule has 1 atom stereocenters. The number of aliphatic hydroxyl groups is 1. The molecular formula is C15H27N3O2S.